The van der Waals surface area contributed by atoms with Crippen molar-refractivity contribution in [3.63, 3.8) is 0 Å². The van der Waals surface area contributed by atoms with Gasteiger partial charge in [0.25, 0.3) is 0 Å². The average molecular weight is 417 g/mol. The van der Waals surface area contributed by atoms with Gasteiger partial charge in [-0.2, -0.15) is 4.98 Å². The standard InChI is InChI=1S/C25H28N4O2/c30-23-11-9-20-10-12-24(27-25(20)26-23)31-18-4-13-28-14-16-29(17-15-28)22-8-3-6-19-5-1-2-7-21(19)22/h1-3,5-8,10,12H,4,9,11,13-18H2,(H,26,27,30). The molecule has 0 atom stereocenters. The lowest BCUT2D eigenvalue weighted by Crippen LogP contribution is -2.46. The Morgan fingerprint density at radius 1 is 0.935 bits per heavy atom. The number of benzene rings is 2. The Bertz CT molecular complexity index is 1070. The fourth-order valence-electron chi connectivity index (χ4n) is 4.46. The van der Waals surface area contributed by atoms with Crippen LogP contribution in [0.4, 0.5) is 11.5 Å². The van der Waals surface area contributed by atoms with Gasteiger partial charge in [-0.25, -0.2) is 0 Å². The summed E-state index contributed by atoms with van der Waals surface area (Å²) in [5.74, 6) is 1.26. The third-order valence-electron chi connectivity index (χ3n) is 6.18. The van der Waals surface area contributed by atoms with Crippen LogP contribution in [0.3, 0.4) is 0 Å². The molecular formula is C25H28N4O2. The molecule has 2 aliphatic rings. The molecule has 0 bridgehead atoms. The topological polar surface area (TPSA) is 57.7 Å². The van der Waals surface area contributed by atoms with Crippen molar-refractivity contribution in [2.75, 3.05) is 49.5 Å². The predicted octanol–water partition coefficient (Wildman–Crippen LogP) is 3.71. The molecule has 1 aromatic heterocycles. The van der Waals surface area contributed by atoms with Crippen molar-refractivity contribution in [1.29, 1.82) is 0 Å². The molecule has 160 valence electrons. The van der Waals surface area contributed by atoms with Gasteiger partial charge in [-0.1, -0.05) is 36.4 Å². The second-order valence-electron chi connectivity index (χ2n) is 8.23. The number of nitrogens with one attached hydrogen (secondary N) is 1. The van der Waals surface area contributed by atoms with Crippen molar-refractivity contribution < 1.29 is 9.53 Å². The molecule has 1 amide bonds. The van der Waals surface area contributed by atoms with Crippen LogP contribution < -0.4 is 15.0 Å². The number of ether oxygens (including phenoxy) is 1. The molecule has 31 heavy (non-hydrogen) atoms. The summed E-state index contributed by atoms with van der Waals surface area (Å²) in [6, 6.07) is 19.1. The maximum absolute atomic E-state index is 11.5. The third kappa shape index (κ3) is 4.49. The summed E-state index contributed by atoms with van der Waals surface area (Å²) in [5, 5.41) is 5.46. The monoisotopic (exact) mass is 416 g/mol. The number of pyridine rings is 1. The number of carbonyl (C=O) groups is 1. The molecule has 3 heterocycles. The van der Waals surface area contributed by atoms with Gasteiger partial charge in [-0.15, -0.1) is 0 Å². The Labute approximate surface area is 182 Å². The van der Waals surface area contributed by atoms with Crippen molar-refractivity contribution in [2.24, 2.45) is 0 Å². The van der Waals surface area contributed by atoms with E-state index >= 15 is 0 Å². The number of aromatic nitrogens is 1. The van der Waals surface area contributed by atoms with E-state index in [0.717, 1.165) is 51.1 Å². The van der Waals surface area contributed by atoms with Crippen LogP contribution in [0.1, 0.15) is 18.4 Å². The fourth-order valence-corrected chi connectivity index (χ4v) is 4.46. The van der Waals surface area contributed by atoms with E-state index in [2.05, 4.69) is 62.6 Å². The van der Waals surface area contributed by atoms with E-state index in [1.807, 2.05) is 12.1 Å². The Morgan fingerprint density at radius 3 is 2.68 bits per heavy atom. The minimum atomic E-state index is 0.0276. The van der Waals surface area contributed by atoms with Crippen LogP contribution in [0.25, 0.3) is 10.8 Å². The lowest BCUT2D eigenvalue weighted by atomic mass is 10.1. The number of aryl methyl sites for hydroxylation is 1. The summed E-state index contributed by atoms with van der Waals surface area (Å²) in [5.41, 5.74) is 2.42. The van der Waals surface area contributed by atoms with Crippen LogP contribution in [-0.4, -0.2) is 55.1 Å². The third-order valence-corrected chi connectivity index (χ3v) is 6.18. The highest BCUT2D eigenvalue weighted by molar-refractivity contribution is 5.94. The zero-order valence-corrected chi connectivity index (χ0v) is 17.7. The molecule has 0 aliphatic carbocycles. The lowest BCUT2D eigenvalue weighted by molar-refractivity contribution is -0.116. The van der Waals surface area contributed by atoms with Crippen molar-refractivity contribution in [1.82, 2.24) is 9.88 Å². The highest BCUT2D eigenvalue weighted by Crippen LogP contribution is 2.27. The zero-order valence-electron chi connectivity index (χ0n) is 17.7. The Morgan fingerprint density at radius 2 is 1.77 bits per heavy atom. The van der Waals surface area contributed by atoms with E-state index in [1.165, 1.54) is 16.5 Å². The van der Waals surface area contributed by atoms with Crippen molar-refractivity contribution in [3.05, 3.63) is 60.2 Å². The number of piperazine rings is 1. The molecule has 1 N–H and O–H groups in total. The minimum Gasteiger partial charge on any atom is -0.478 e. The molecule has 6 heteroatoms. The van der Waals surface area contributed by atoms with E-state index in [9.17, 15) is 4.79 Å². The molecule has 0 radical (unpaired) electrons. The number of hydrogen-bond acceptors (Lipinski definition) is 5. The zero-order chi connectivity index (χ0) is 21.0. The number of anilines is 2. The first-order valence-corrected chi connectivity index (χ1v) is 11.1. The largest absolute Gasteiger partial charge is 0.478 e. The van der Waals surface area contributed by atoms with Gasteiger partial charge in [-0.05, 0) is 35.9 Å². The van der Waals surface area contributed by atoms with Crippen LogP contribution in [0.15, 0.2) is 54.6 Å². The molecule has 2 aromatic carbocycles. The number of nitrogens with zero attached hydrogens (tertiary/aromatic N) is 3. The van der Waals surface area contributed by atoms with Gasteiger partial charge in [0, 0.05) is 56.3 Å². The Kier molecular flexibility index (Phi) is 5.71. The fraction of sp³-hybridized carbons (Fsp3) is 0.360. The molecule has 1 fully saturated rings. The number of carbonyl (C=O) groups excluding carboxylic acids is 1. The summed E-state index contributed by atoms with van der Waals surface area (Å²) in [7, 11) is 0. The van der Waals surface area contributed by atoms with Crippen LogP contribution in [0, 0.1) is 0 Å². The van der Waals surface area contributed by atoms with E-state index in [-0.39, 0.29) is 5.91 Å². The van der Waals surface area contributed by atoms with Gasteiger partial charge < -0.3 is 15.0 Å². The van der Waals surface area contributed by atoms with Gasteiger partial charge in [0.15, 0.2) is 0 Å². The molecule has 0 unspecified atom stereocenters. The smallest absolute Gasteiger partial charge is 0.225 e. The lowest BCUT2D eigenvalue weighted by Gasteiger charge is -2.36. The van der Waals surface area contributed by atoms with Gasteiger partial charge in [0.05, 0.1) is 6.61 Å². The van der Waals surface area contributed by atoms with E-state index in [0.29, 0.717) is 24.7 Å². The summed E-state index contributed by atoms with van der Waals surface area (Å²) in [6.07, 6.45) is 2.24. The van der Waals surface area contributed by atoms with Crippen molar-refractivity contribution in [2.45, 2.75) is 19.3 Å². The summed E-state index contributed by atoms with van der Waals surface area (Å²) < 4.78 is 5.84. The molecule has 6 nitrogen and oxygen atoms in total. The first-order valence-electron chi connectivity index (χ1n) is 11.1. The summed E-state index contributed by atoms with van der Waals surface area (Å²) in [6.45, 7) is 5.86. The van der Waals surface area contributed by atoms with Crippen LogP contribution in [-0.2, 0) is 11.2 Å². The highest BCUT2D eigenvalue weighted by Gasteiger charge is 2.19. The second-order valence-corrected chi connectivity index (χ2v) is 8.23. The summed E-state index contributed by atoms with van der Waals surface area (Å²) in [4.78, 5) is 21.0. The van der Waals surface area contributed by atoms with Gasteiger partial charge >= 0.3 is 0 Å². The SMILES string of the molecule is O=C1CCc2ccc(OCCCN3CCN(c4cccc5ccccc45)CC3)nc2N1. The van der Waals surface area contributed by atoms with Crippen LogP contribution >= 0.6 is 0 Å². The Balaban J connectivity index is 1.09. The number of amides is 1. The van der Waals surface area contributed by atoms with E-state index in [4.69, 9.17) is 4.74 Å². The average Bonchev–Trinajstić information content (AvgIpc) is 2.81. The number of hydrogen-bond donors (Lipinski definition) is 1. The van der Waals surface area contributed by atoms with Gasteiger partial charge in [0.2, 0.25) is 11.8 Å². The van der Waals surface area contributed by atoms with Crippen molar-refractivity contribution >= 4 is 28.2 Å². The summed E-state index contributed by atoms with van der Waals surface area (Å²) >= 11 is 0. The molecule has 1 saturated heterocycles. The quantitative estimate of drug-likeness (QED) is 0.621. The number of rotatable bonds is 6. The maximum Gasteiger partial charge on any atom is 0.225 e. The molecule has 0 spiro atoms. The van der Waals surface area contributed by atoms with Crippen LogP contribution in [0.5, 0.6) is 5.88 Å². The Hall–Kier alpha value is -3.12. The predicted molar refractivity (Wildman–Crippen MR) is 124 cm³/mol. The van der Waals surface area contributed by atoms with Crippen molar-refractivity contribution in [3.8, 4) is 5.88 Å². The van der Waals surface area contributed by atoms with Crippen LogP contribution in [0.2, 0.25) is 0 Å². The first-order chi connectivity index (χ1) is 15.3. The van der Waals surface area contributed by atoms with E-state index in [1.54, 1.807) is 0 Å². The normalized spacial score (nSPS) is 16.8. The molecule has 3 aromatic rings. The first kappa shape index (κ1) is 19.8. The molecular weight excluding hydrogens is 388 g/mol. The number of fused-ring (bicyclic) bond motifs is 2. The van der Waals surface area contributed by atoms with Gasteiger partial charge in [0.1, 0.15) is 5.82 Å². The maximum atomic E-state index is 11.5. The minimum absolute atomic E-state index is 0.0276. The second kappa shape index (κ2) is 8.94. The highest BCUT2D eigenvalue weighted by atomic mass is 16.5. The molecule has 0 saturated carbocycles. The molecule has 2 aliphatic heterocycles. The molecule has 5 rings (SSSR count). The van der Waals surface area contributed by atoms with Gasteiger partial charge in [-0.3, -0.25) is 9.69 Å². The van der Waals surface area contributed by atoms with E-state index < -0.39 is 0 Å².